The topological polar surface area (TPSA) is 161 Å². The zero-order valence-corrected chi connectivity index (χ0v) is 54.1. The molecule has 8 aromatic rings. The summed E-state index contributed by atoms with van der Waals surface area (Å²) in [6, 6.07) is 45.1. The summed E-state index contributed by atoms with van der Waals surface area (Å²) in [7, 11) is 0. The van der Waals surface area contributed by atoms with Crippen molar-refractivity contribution in [2.45, 2.75) is 95.6 Å². The highest BCUT2D eigenvalue weighted by Gasteiger charge is 2.72. The summed E-state index contributed by atoms with van der Waals surface area (Å²) >= 11 is 41.7. The van der Waals surface area contributed by atoms with Gasteiger partial charge in [-0.25, -0.2) is 0 Å². The van der Waals surface area contributed by atoms with Crippen molar-refractivity contribution >= 4 is 128 Å². The number of carbonyl (C=O) groups excluding carboxylic acids is 4. The second-order valence-corrected chi connectivity index (χ2v) is 28.0. The highest BCUT2D eigenvalue weighted by Crippen LogP contribution is 2.65. The Labute approximate surface area is 559 Å². The van der Waals surface area contributed by atoms with Crippen molar-refractivity contribution < 1.29 is 28.7 Å². The Kier molecular flexibility index (Phi) is 18.1. The van der Waals surface area contributed by atoms with Gasteiger partial charge >= 0.3 is 0 Å². The molecule has 7 aliphatic heterocycles. The third-order valence-electron chi connectivity index (χ3n) is 18.7. The van der Waals surface area contributed by atoms with Crippen molar-refractivity contribution in [3.63, 3.8) is 0 Å². The Morgan fingerprint density at radius 2 is 0.844 bits per heavy atom. The van der Waals surface area contributed by atoms with E-state index in [2.05, 4.69) is 30.4 Å². The fraction of sp³-hybridized carbons (Fsp3) is 0.333. The minimum atomic E-state index is -1.35. The van der Waals surface area contributed by atoms with Gasteiger partial charge < -0.3 is 19.3 Å². The van der Waals surface area contributed by atoms with Gasteiger partial charge in [-0.05, 0) is 123 Å². The maximum absolute atomic E-state index is 16.1. The summed E-state index contributed by atoms with van der Waals surface area (Å²) in [5, 5.41) is 19.3. The predicted molar refractivity (Wildman–Crippen MR) is 349 cm³/mol. The molecule has 24 heteroatoms. The van der Waals surface area contributed by atoms with E-state index in [0.717, 1.165) is 59.3 Å². The van der Waals surface area contributed by atoms with Crippen LogP contribution in [-0.2, 0) is 47.0 Å². The van der Waals surface area contributed by atoms with Crippen molar-refractivity contribution in [1.82, 2.24) is 39.8 Å². The number of rotatable bonds is 4. The minimum Gasteiger partial charge on any atom is -0.487 e. The number of hydrogen-bond acceptors (Lipinski definition) is 12. The molecule has 15 rings (SSSR count). The van der Waals surface area contributed by atoms with Crippen LogP contribution in [-0.4, -0.2) is 110 Å². The average molecular weight is 1370 g/mol. The smallest absolute Gasteiger partial charge is 0.253 e. The van der Waals surface area contributed by atoms with E-state index < -0.39 is 43.3 Å². The zero-order valence-electron chi connectivity index (χ0n) is 48.1. The van der Waals surface area contributed by atoms with Gasteiger partial charge in [0.15, 0.2) is 20.2 Å². The number of ketones is 2. The van der Waals surface area contributed by atoms with Gasteiger partial charge in [0.2, 0.25) is 0 Å². The molecule has 6 aromatic carbocycles. The van der Waals surface area contributed by atoms with E-state index in [1.807, 2.05) is 119 Å². The van der Waals surface area contributed by atoms with Crippen LogP contribution in [0, 0.1) is 11.8 Å². The van der Waals surface area contributed by atoms with Crippen LogP contribution in [0.3, 0.4) is 0 Å². The molecule has 2 aromatic heterocycles. The molecule has 2 amide bonds. The lowest BCUT2D eigenvalue weighted by atomic mass is 9.68. The fourth-order valence-electron chi connectivity index (χ4n) is 15.6. The van der Waals surface area contributed by atoms with Crippen LogP contribution >= 0.6 is 92.8 Å². The Morgan fingerprint density at radius 3 is 1.24 bits per heavy atom. The van der Waals surface area contributed by atoms with Crippen molar-refractivity contribution in [3.05, 3.63) is 213 Å². The number of benzene rings is 6. The molecule has 0 unspecified atom stereocenters. The SMILES string of the molecule is ClC(Cl)Cl.ClC(Cl)Cl.O=C(c1ccc(Cl)cc1)[C@@H]1[C@H]2c3ccccc3OCc3cn(nn3)CCN3C(=O)[C@]4(c5ccccc53)[C@@H](C(=O)c3ccc(Cl)cc3)[C@H](c3ccccc3OCc3cn(nn3)CCN3C(=O)[C@]1(c1ccccc13)N1CCC[C@@H]21)[C@H]1CCCN14. The van der Waals surface area contributed by atoms with Crippen LogP contribution in [0.4, 0.5) is 11.4 Å². The van der Waals surface area contributed by atoms with Gasteiger partial charge in [-0.1, -0.05) is 176 Å². The number of halogens is 8. The summed E-state index contributed by atoms with van der Waals surface area (Å²) in [6.07, 6.45) is 6.91. The Morgan fingerprint density at radius 1 is 0.478 bits per heavy atom. The van der Waals surface area contributed by atoms with E-state index in [-0.39, 0.29) is 61.8 Å². The molecule has 0 saturated carbocycles. The highest BCUT2D eigenvalue weighted by atomic mass is 35.6. The lowest BCUT2D eigenvalue weighted by Gasteiger charge is -2.37. The lowest BCUT2D eigenvalue weighted by Crippen LogP contribution is -2.55. The maximum Gasteiger partial charge on any atom is 0.253 e. The molecule has 90 heavy (non-hydrogen) atoms. The number of ether oxygens (including phenoxy) is 2. The molecule has 4 fully saturated rings. The normalized spacial score (nSPS) is 25.0. The molecule has 9 heterocycles. The number of alkyl halides is 6. The first kappa shape index (κ1) is 62.5. The average Bonchev–Trinajstić information content (AvgIpc) is 1.52. The molecular weight excluding hydrogens is 1310 g/mol. The number of aromatic nitrogens is 6. The van der Waals surface area contributed by atoms with Crippen LogP contribution in [0.1, 0.15) is 91.9 Å². The van der Waals surface area contributed by atoms with Crippen molar-refractivity contribution in [1.29, 1.82) is 0 Å². The maximum atomic E-state index is 16.1. The third kappa shape index (κ3) is 11.0. The summed E-state index contributed by atoms with van der Waals surface area (Å²) in [5.74, 6) is -2.08. The summed E-state index contributed by atoms with van der Waals surface area (Å²) in [4.78, 5) is 72.0. The first-order valence-electron chi connectivity index (χ1n) is 29.6. The van der Waals surface area contributed by atoms with Gasteiger partial charge in [0.05, 0.1) is 37.3 Å². The first-order valence-corrected chi connectivity index (χ1v) is 33.0. The van der Waals surface area contributed by atoms with Crippen LogP contribution in [0.2, 0.25) is 10.0 Å². The number of fused-ring (bicyclic) bond motifs is 20. The molecular formula is C66H58Cl8N10O6. The Bertz CT molecular complexity index is 3750. The molecule has 0 N–H and O–H groups in total. The van der Waals surface area contributed by atoms with Crippen LogP contribution in [0.15, 0.2) is 158 Å². The van der Waals surface area contributed by atoms with Gasteiger partial charge in [-0.15, -0.1) is 10.2 Å². The molecule has 16 nitrogen and oxygen atoms in total. The molecule has 7 aliphatic rings. The largest absolute Gasteiger partial charge is 0.487 e. The van der Waals surface area contributed by atoms with Crippen LogP contribution in [0.25, 0.3) is 0 Å². The summed E-state index contributed by atoms with van der Waals surface area (Å²) in [6.45, 7) is 2.46. The summed E-state index contributed by atoms with van der Waals surface area (Å²) in [5.41, 5.74) is 4.13. The standard InChI is InChI=1S/C64H56Cl2N10O6.2CHCl3/c65-41-25-21-39(22-26-41)59(77)57-55-45-11-1-7-19-53(45)81-37-43-35-71(69-67-43)32-34-74-50-16-6-4-14-48(50)64(62(74)80)58(60(78)40-23-27-42(66)28-24-40)56(52-18-10-30-76(52)64)46-12-2-8-20-54(46)82-38-44-36-72(70-68-44)31-33-73-49-15-5-3-13-47(49)63(57,61(73)79)75-29-9-17-51(55)75;2*2-1(3)4/h1-8,11-16,19-28,35-36,51-52,55-58H,9-10,17-18,29-34,37-38H2;2*1H/t51-,52+,55-,56+,57-,58+,63+,64-;;. The minimum absolute atomic E-state index is 0.0601. The van der Waals surface area contributed by atoms with Gasteiger partial charge in [-0.3, -0.25) is 38.3 Å². The number of anilines is 2. The number of Topliss-reactive ketones (excluding diaryl/α,β-unsaturated/α-hetero) is 2. The van der Waals surface area contributed by atoms with E-state index in [4.69, 9.17) is 102 Å². The van der Waals surface area contributed by atoms with Gasteiger partial charge in [-0.2, -0.15) is 0 Å². The number of carbonyl (C=O) groups is 4. The predicted octanol–water partition coefficient (Wildman–Crippen LogP) is 13.6. The van der Waals surface area contributed by atoms with Crippen LogP contribution < -0.4 is 19.3 Å². The summed E-state index contributed by atoms with van der Waals surface area (Å²) < 4.78 is 15.5. The van der Waals surface area contributed by atoms with Gasteiger partial charge in [0, 0.05) is 80.7 Å². The first-order chi connectivity index (χ1) is 43.6. The van der Waals surface area contributed by atoms with E-state index in [1.165, 1.54) is 0 Å². The van der Waals surface area contributed by atoms with E-state index in [0.29, 0.717) is 70.2 Å². The monoisotopic (exact) mass is 1370 g/mol. The van der Waals surface area contributed by atoms with Gasteiger partial charge in [0.1, 0.15) is 47.2 Å². The zero-order chi connectivity index (χ0) is 62.6. The molecule has 8 atom stereocenters. The second-order valence-electron chi connectivity index (χ2n) is 23.1. The number of amides is 2. The number of para-hydroxylation sites is 4. The van der Waals surface area contributed by atoms with E-state index >= 15 is 19.2 Å². The van der Waals surface area contributed by atoms with E-state index in [1.54, 1.807) is 57.9 Å². The fourth-order valence-corrected chi connectivity index (χ4v) is 15.9. The van der Waals surface area contributed by atoms with E-state index in [9.17, 15) is 0 Å². The quantitative estimate of drug-likeness (QED) is 0.121. The van der Waals surface area contributed by atoms with Crippen molar-refractivity contribution in [2.75, 3.05) is 36.0 Å². The lowest BCUT2D eigenvalue weighted by molar-refractivity contribution is -0.130. The third-order valence-corrected chi connectivity index (χ3v) is 19.2. The second kappa shape index (κ2) is 26.0. The van der Waals surface area contributed by atoms with Gasteiger partial charge in [0.25, 0.3) is 11.8 Å². The Balaban J connectivity index is 0.000000879. The number of hydrogen-bond donors (Lipinski definition) is 0. The number of nitrogens with zero attached hydrogens (tertiary/aromatic N) is 10. The molecule has 10 bridgehead atoms. The molecule has 464 valence electrons. The highest BCUT2D eigenvalue weighted by molar-refractivity contribution is 6.63. The molecule has 0 aliphatic carbocycles. The Hall–Kier alpha value is -6.28. The molecule has 4 saturated heterocycles. The van der Waals surface area contributed by atoms with Crippen molar-refractivity contribution in [2.24, 2.45) is 11.8 Å². The van der Waals surface area contributed by atoms with Crippen molar-refractivity contribution in [3.8, 4) is 11.5 Å². The molecule has 0 radical (unpaired) electrons. The molecule has 2 spiro atoms. The van der Waals surface area contributed by atoms with Crippen LogP contribution in [0.5, 0.6) is 11.5 Å².